The van der Waals surface area contributed by atoms with Crippen molar-refractivity contribution in [2.24, 2.45) is 17.8 Å². The van der Waals surface area contributed by atoms with E-state index in [0.29, 0.717) is 6.42 Å². The molecule has 0 aromatic carbocycles. The Morgan fingerprint density at radius 3 is 2.39 bits per heavy atom. The van der Waals surface area contributed by atoms with Crippen LogP contribution >= 0.6 is 0 Å². The molecule has 0 aromatic heterocycles. The van der Waals surface area contributed by atoms with Crippen LogP contribution in [0, 0.1) is 17.8 Å². The number of allylic oxidation sites excluding steroid dienone is 2. The van der Waals surface area contributed by atoms with Crippen molar-refractivity contribution in [2.45, 2.75) is 77.8 Å². The van der Waals surface area contributed by atoms with Gasteiger partial charge in [-0.2, -0.15) is 13.2 Å². The first-order chi connectivity index (χ1) is 10.7. The van der Waals surface area contributed by atoms with Gasteiger partial charge in [0.15, 0.2) is 5.78 Å². The lowest BCUT2D eigenvalue weighted by atomic mass is 9.80. The zero-order valence-corrected chi connectivity index (χ0v) is 14.2. The molecule has 1 aliphatic carbocycles. The number of carbonyl (C=O) groups is 1. The number of hydrogen-bond acceptors (Lipinski definition) is 2. The molecule has 5 heteroatoms. The zero-order chi connectivity index (χ0) is 17.5. The summed E-state index contributed by atoms with van der Waals surface area (Å²) in [4.78, 5) is 12.3. The topological polar surface area (TPSA) is 37.3 Å². The summed E-state index contributed by atoms with van der Waals surface area (Å²) in [6.45, 7) is 3.74. The fraction of sp³-hybridized carbons (Fsp3) is 0.833. The van der Waals surface area contributed by atoms with E-state index in [1.165, 1.54) is 0 Å². The molecule has 23 heavy (non-hydrogen) atoms. The highest BCUT2D eigenvalue weighted by Crippen LogP contribution is 2.35. The number of ketones is 1. The first-order valence-corrected chi connectivity index (χ1v) is 8.74. The predicted octanol–water partition coefficient (Wildman–Crippen LogP) is 5.97. The van der Waals surface area contributed by atoms with Gasteiger partial charge in [-0.1, -0.05) is 52.4 Å². The van der Waals surface area contributed by atoms with Gasteiger partial charge < -0.3 is 5.11 Å². The molecule has 0 bridgehead atoms. The molecule has 0 spiro atoms. The van der Waals surface area contributed by atoms with Crippen molar-refractivity contribution in [1.29, 1.82) is 0 Å². The van der Waals surface area contributed by atoms with Crippen LogP contribution in [0.2, 0.25) is 0 Å². The Kier molecular flexibility index (Phi) is 8.13. The van der Waals surface area contributed by atoms with Gasteiger partial charge in [0.2, 0.25) is 0 Å². The van der Waals surface area contributed by atoms with Crippen LogP contribution in [0.5, 0.6) is 0 Å². The van der Waals surface area contributed by atoms with Crippen molar-refractivity contribution >= 4 is 5.78 Å². The molecule has 1 saturated carbocycles. The van der Waals surface area contributed by atoms with Crippen molar-refractivity contribution < 1.29 is 23.1 Å². The van der Waals surface area contributed by atoms with Crippen molar-refractivity contribution in [3.8, 4) is 0 Å². The smallest absolute Gasteiger partial charge is 0.389 e. The summed E-state index contributed by atoms with van der Waals surface area (Å²) in [6, 6.07) is 0. The maximum absolute atomic E-state index is 12.8. The van der Waals surface area contributed by atoms with Gasteiger partial charge in [-0.05, 0) is 18.8 Å². The third-order valence-corrected chi connectivity index (χ3v) is 4.74. The molecule has 1 fully saturated rings. The Morgan fingerprint density at radius 1 is 1.26 bits per heavy atom. The summed E-state index contributed by atoms with van der Waals surface area (Å²) in [5.41, 5.74) is 0. The van der Waals surface area contributed by atoms with Gasteiger partial charge in [0.05, 0.1) is 12.2 Å². The van der Waals surface area contributed by atoms with Gasteiger partial charge in [0.1, 0.15) is 0 Å². The number of hydrogen-bond donors (Lipinski definition) is 1. The minimum atomic E-state index is -4.35. The van der Waals surface area contributed by atoms with Gasteiger partial charge >= 0.3 is 6.18 Å². The largest absolute Gasteiger partial charge is 0.512 e. The molecular weight excluding hydrogens is 305 g/mol. The summed E-state index contributed by atoms with van der Waals surface area (Å²) >= 11 is 0. The maximum atomic E-state index is 12.8. The Hall–Kier alpha value is -1.00. The normalized spacial score (nSPS) is 20.3. The number of rotatable bonds is 8. The van der Waals surface area contributed by atoms with Gasteiger partial charge in [-0.3, -0.25) is 4.79 Å². The number of alkyl halides is 3. The van der Waals surface area contributed by atoms with Gasteiger partial charge in [-0.25, -0.2) is 0 Å². The van der Waals surface area contributed by atoms with Crippen LogP contribution in [-0.2, 0) is 4.79 Å². The van der Waals surface area contributed by atoms with E-state index >= 15 is 0 Å². The van der Waals surface area contributed by atoms with Crippen molar-refractivity contribution in [3.05, 3.63) is 11.8 Å². The van der Waals surface area contributed by atoms with E-state index in [2.05, 4.69) is 0 Å². The highest BCUT2D eigenvalue weighted by molar-refractivity contribution is 5.92. The van der Waals surface area contributed by atoms with Crippen LogP contribution < -0.4 is 0 Å². The lowest BCUT2D eigenvalue weighted by molar-refractivity contribution is -0.152. The Bertz CT molecular complexity index is 396. The maximum Gasteiger partial charge on any atom is 0.389 e. The minimum absolute atomic E-state index is 0.0901. The second-order valence-electron chi connectivity index (χ2n) is 6.92. The molecule has 1 aliphatic rings. The van der Waals surface area contributed by atoms with Crippen LogP contribution in [0.3, 0.4) is 0 Å². The number of halogens is 3. The van der Waals surface area contributed by atoms with Gasteiger partial charge in [-0.15, -0.1) is 0 Å². The van der Waals surface area contributed by atoms with E-state index < -0.39 is 24.3 Å². The van der Waals surface area contributed by atoms with E-state index in [4.69, 9.17) is 0 Å². The SMILES string of the molecule is CCCC(C)/C(O)=C/C(=O)C(CC1CCCCC1)CC(F)(F)F. The van der Waals surface area contributed by atoms with Crippen molar-refractivity contribution in [3.63, 3.8) is 0 Å². The van der Waals surface area contributed by atoms with Crippen LogP contribution in [0.25, 0.3) is 0 Å². The van der Waals surface area contributed by atoms with Crippen molar-refractivity contribution in [2.75, 3.05) is 0 Å². The molecule has 2 atom stereocenters. The van der Waals surface area contributed by atoms with Crippen LogP contribution in [0.1, 0.15) is 71.6 Å². The third-order valence-electron chi connectivity index (χ3n) is 4.74. The van der Waals surface area contributed by atoms with E-state index in [9.17, 15) is 23.1 Å². The lowest BCUT2D eigenvalue weighted by Gasteiger charge is -2.26. The monoisotopic (exact) mass is 334 g/mol. The van der Waals surface area contributed by atoms with Crippen LogP contribution in [-0.4, -0.2) is 17.1 Å². The molecule has 0 saturated heterocycles. The zero-order valence-electron chi connectivity index (χ0n) is 14.2. The average Bonchev–Trinajstić information content (AvgIpc) is 2.46. The first kappa shape index (κ1) is 20.0. The summed E-state index contributed by atoms with van der Waals surface area (Å²) in [5.74, 6) is -1.72. The highest BCUT2D eigenvalue weighted by atomic mass is 19.4. The molecule has 2 nitrogen and oxygen atoms in total. The second-order valence-corrected chi connectivity index (χ2v) is 6.92. The van der Waals surface area contributed by atoms with Gasteiger partial charge in [0, 0.05) is 17.9 Å². The second kappa shape index (κ2) is 9.33. The van der Waals surface area contributed by atoms with Crippen LogP contribution in [0.4, 0.5) is 13.2 Å². The summed E-state index contributed by atoms with van der Waals surface area (Å²) in [7, 11) is 0. The molecule has 0 aromatic rings. The highest BCUT2D eigenvalue weighted by Gasteiger charge is 2.36. The molecule has 134 valence electrons. The Labute approximate surface area is 137 Å². The Morgan fingerprint density at radius 2 is 1.87 bits per heavy atom. The van der Waals surface area contributed by atoms with E-state index in [0.717, 1.165) is 44.6 Å². The Balaban J connectivity index is 2.76. The van der Waals surface area contributed by atoms with Crippen molar-refractivity contribution in [1.82, 2.24) is 0 Å². The molecule has 0 radical (unpaired) electrons. The quantitative estimate of drug-likeness (QED) is 0.438. The third kappa shape index (κ3) is 7.89. The van der Waals surface area contributed by atoms with E-state index in [-0.39, 0.29) is 24.0 Å². The fourth-order valence-electron chi connectivity index (χ4n) is 3.39. The van der Waals surface area contributed by atoms with E-state index in [1.54, 1.807) is 6.92 Å². The van der Waals surface area contributed by atoms with Crippen LogP contribution in [0.15, 0.2) is 11.8 Å². The standard InChI is InChI=1S/C18H29F3O2/c1-3-7-13(2)16(22)11-17(23)15(12-18(19,20)21)10-14-8-5-4-6-9-14/h11,13-15,22H,3-10,12H2,1-2H3/b16-11-. The first-order valence-electron chi connectivity index (χ1n) is 8.74. The number of aliphatic hydroxyl groups excluding tert-OH is 1. The molecule has 0 aliphatic heterocycles. The molecule has 1 rings (SSSR count). The van der Waals surface area contributed by atoms with Gasteiger partial charge in [0.25, 0.3) is 0 Å². The summed E-state index contributed by atoms with van der Waals surface area (Å²) in [5, 5.41) is 9.93. The predicted molar refractivity (Wildman–Crippen MR) is 85.1 cm³/mol. The summed E-state index contributed by atoms with van der Waals surface area (Å²) < 4.78 is 38.4. The summed E-state index contributed by atoms with van der Waals surface area (Å²) in [6.07, 6.45) is 2.45. The number of carbonyl (C=O) groups excluding carboxylic acids is 1. The average molecular weight is 334 g/mol. The lowest BCUT2D eigenvalue weighted by Crippen LogP contribution is -2.25. The molecular formula is C18H29F3O2. The molecule has 0 heterocycles. The minimum Gasteiger partial charge on any atom is -0.512 e. The van der Waals surface area contributed by atoms with E-state index in [1.807, 2.05) is 6.92 Å². The molecule has 1 N–H and O–H groups in total. The molecule has 2 unspecified atom stereocenters. The fourth-order valence-corrected chi connectivity index (χ4v) is 3.39. The molecule has 0 amide bonds. The number of aliphatic hydroxyl groups is 1.